The third-order valence-corrected chi connectivity index (χ3v) is 4.82. The van der Waals surface area contributed by atoms with E-state index in [4.69, 9.17) is 18.9 Å². The molecule has 2 aliphatic rings. The van der Waals surface area contributed by atoms with Gasteiger partial charge in [-0.1, -0.05) is 19.8 Å². The van der Waals surface area contributed by atoms with Gasteiger partial charge in [0, 0.05) is 18.9 Å². The van der Waals surface area contributed by atoms with Gasteiger partial charge in [-0.2, -0.15) is 0 Å². The summed E-state index contributed by atoms with van der Waals surface area (Å²) in [6.45, 7) is 3.81. The average Bonchev–Trinajstić information content (AvgIpc) is 2.63. The summed E-state index contributed by atoms with van der Waals surface area (Å²) in [7, 11) is 0. The van der Waals surface area contributed by atoms with Crippen molar-refractivity contribution < 1.29 is 18.9 Å². The van der Waals surface area contributed by atoms with E-state index in [0.717, 1.165) is 56.8 Å². The molecule has 2 fully saturated rings. The summed E-state index contributed by atoms with van der Waals surface area (Å²) in [6.07, 6.45) is 11.0. The summed E-state index contributed by atoms with van der Waals surface area (Å²) in [5.41, 5.74) is 1.27. The Labute approximate surface area is 151 Å². The molecule has 2 saturated heterocycles. The lowest BCUT2D eigenvalue weighted by Gasteiger charge is -2.26. The van der Waals surface area contributed by atoms with E-state index in [1.807, 2.05) is 6.07 Å². The molecule has 0 spiro atoms. The van der Waals surface area contributed by atoms with Crippen LogP contribution in [0.1, 0.15) is 70.3 Å². The van der Waals surface area contributed by atoms with Gasteiger partial charge in [-0.15, -0.1) is 0 Å². The highest BCUT2D eigenvalue weighted by atomic mass is 16.7. The molecule has 2 heterocycles. The Hall–Kier alpha value is -1.26. The van der Waals surface area contributed by atoms with Crippen LogP contribution in [-0.2, 0) is 15.9 Å². The monoisotopic (exact) mass is 348 g/mol. The van der Waals surface area contributed by atoms with Crippen LogP contribution in [0.3, 0.4) is 0 Å². The fraction of sp³-hybridized carbons (Fsp3) is 0.714. The van der Waals surface area contributed by atoms with Gasteiger partial charge in [0.2, 0.25) is 0 Å². The molecule has 2 aliphatic heterocycles. The second-order valence-corrected chi connectivity index (χ2v) is 7.10. The molecule has 140 valence electrons. The second-order valence-electron chi connectivity index (χ2n) is 7.10. The zero-order chi connectivity index (χ0) is 17.3. The van der Waals surface area contributed by atoms with E-state index in [1.54, 1.807) is 0 Å². The molecule has 0 aliphatic carbocycles. The van der Waals surface area contributed by atoms with Crippen molar-refractivity contribution in [2.45, 2.75) is 83.7 Å². The molecule has 4 nitrogen and oxygen atoms in total. The number of ether oxygens (including phenoxy) is 4. The van der Waals surface area contributed by atoms with Crippen molar-refractivity contribution in [2.24, 2.45) is 0 Å². The van der Waals surface area contributed by atoms with Crippen LogP contribution in [-0.4, -0.2) is 25.8 Å². The Kier molecular flexibility index (Phi) is 7.43. The Morgan fingerprint density at radius 3 is 1.92 bits per heavy atom. The number of hydrogen-bond acceptors (Lipinski definition) is 4. The van der Waals surface area contributed by atoms with Crippen LogP contribution in [0.5, 0.6) is 11.5 Å². The highest BCUT2D eigenvalue weighted by Crippen LogP contribution is 2.29. The Morgan fingerprint density at radius 1 is 0.840 bits per heavy atom. The number of aryl methyl sites for hydroxylation is 1. The quantitative estimate of drug-likeness (QED) is 0.603. The van der Waals surface area contributed by atoms with Gasteiger partial charge in [0.1, 0.15) is 11.5 Å². The first-order valence-electron chi connectivity index (χ1n) is 10.0. The molecular formula is C21H32O4. The van der Waals surface area contributed by atoms with Crippen molar-refractivity contribution in [3.8, 4) is 11.5 Å². The third-order valence-electron chi connectivity index (χ3n) is 4.82. The SMILES string of the molecule is CCCCCc1cc(OC2CCCCO2)cc(OC2CCCCO2)c1. The van der Waals surface area contributed by atoms with Crippen molar-refractivity contribution in [1.82, 2.24) is 0 Å². The minimum Gasteiger partial charge on any atom is -0.465 e. The van der Waals surface area contributed by atoms with E-state index in [2.05, 4.69) is 19.1 Å². The lowest BCUT2D eigenvalue weighted by atomic mass is 10.1. The summed E-state index contributed by atoms with van der Waals surface area (Å²) < 4.78 is 23.6. The zero-order valence-electron chi connectivity index (χ0n) is 15.5. The molecule has 0 amide bonds. The maximum Gasteiger partial charge on any atom is 0.199 e. The molecule has 25 heavy (non-hydrogen) atoms. The molecule has 0 N–H and O–H groups in total. The maximum atomic E-state index is 6.09. The minimum absolute atomic E-state index is 0.126. The van der Waals surface area contributed by atoms with Gasteiger partial charge < -0.3 is 18.9 Å². The van der Waals surface area contributed by atoms with Gasteiger partial charge in [-0.3, -0.25) is 0 Å². The predicted octanol–water partition coefficient (Wildman–Crippen LogP) is 5.23. The Morgan fingerprint density at radius 2 is 1.44 bits per heavy atom. The highest BCUT2D eigenvalue weighted by molar-refractivity contribution is 5.38. The molecular weight excluding hydrogens is 316 g/mol. The summed E-state index contributed by atoms with van der Waals surface area (Å²) in [5.74, 6) is 1.71. The van der Waals surface area contributed by atoms with Gasteiger partial charge in [0.15, 0.2) is 12.6 Å². The summed E-state index contributed by atoms with van der Waals surface area (Å²) in [5, 5.41) is 0. The van der Waals surface area contributed by atoms with E-state index < -0.39 is 0 Å². The molecule has 0 aromatic heterocycles. The van der Waals surface area contributed by atoms with Gasteiger partial charge in [0.05, 0.1) is 13.2 Å². The van der Waals surface area contributed by atoms with Crippen molar-refractivity contribution >= 4 is 0 Å². The molecule has 0 radical (unpaired) electrons. The highest BCUT2D eigenvalue weighted by Gasteiger charge is 2.18. The Bertz CT molecular complexity index is 466. The van der Waals surface area contributed by atoms with E-state index in [0.29, 0.717) is 0 Å². The molecule has 3 rings (SSSR count). The fourth-order valence-electron chi connectivity index (χ4n) is 3.40. The van der Waals surface area contributed by atoms with Crippen LogP contribution >= 0.6 is 0 Å². The smallest absolute Gasteiger partial charge is 0.199 e. The van der Waals surface area contributed by atoms with Gasteiger partial charge in [0.25, 0.3) is 0 Å². The van der Waals surface area contributed by atoms with Gasteiger partial charge in [-0.05, 0) is 56.2 Å². The zero-order valence-corrected chi connectivity index (χ0v) is 15.5. The summed E-state index contributed by atoms with van der Waals surface area (Å²) in [6, 6.07) is 6.27. The molecule has 2 unspecified atom stereocenters. The van der Waals surface area contributed by atoms with Crippen LogP contribution in [0.15, 0.2) is 18.2 Å². The number of unbranched alkanes of at least 4 members (excludes halogenated alkanes) is 2. The van der Waals surface area contributed by atoms with Gasteiger partial charge in [-0.25, -0.2) is 0 Å². The van der Waals surface area contributed by atoms with Crippen LogP contribution in [0.2, 0.25) is 0 Å². The van der Waals surface area contributed by atoms with Crippen LogP contribution in [0, 0.1) is 0 Å². The fourth-order valence-corrected chi connectivity index (χ4v) is 3.40. The summed E-state index contributed by atoms with van der Waals surface area (Å²) >= 11 is 0. The standard InChI is InChI=1S/C21H32O4/c1-2-3-4-9-17-14-18(24-20-10-5-7-12-22-20)16-19(15-17)25-21-11-6-8-13-23-21/h14-16,20-21H,2-13H2,1H3. The number of rotatable bonds is 8. The van der Waals surface area contributed by atoms with E-state index in [9.17, 15) is 0 Å². The molecule has 4 heteroatoms. The Balaban J connectivity index is 1.67. The van der Waals surface area contributed by atoms with Gasteiger partial charge >= 0.3 is 0 Å². The minimum atomic E-state index is -0.126. The van der Waals surface area contributed by atoms with E-state index in [1.165, 1.54) is 37.7 Å². The molecule has 0 bridgehead atoms. The molecule has 0 saturated carbocycles. The largest absolute Gasteiger partial charge is 0.465 e. The third kappa shape index (κ3) is 6.19. The van der Waals surface area contributed by atoms with Crippen molar-refractivity contribution in [2.75, 3.05) is 13.2 Å². The predicted molar refractivity (Wildman–Crippen MR) is 98.1 cm³/mol. The van der Waals surface area contributed by atoms with Crippen molar-refractivity contribution in [1.29, 1.82) is 0 Å². The second kappa shape index (κ2) is 10.0. The van der Waals surface area contributed by atoms with Crippen LogP contribution in [0.4, 0.5) is 0 Å². The lowest BCUT2D eigenvalue weighted by molar-refractivity contribution is -0.109. The lowest BCUT2D eigenvalue weighted by Crippen LogP contribution is -2.26. The van der Waals surface area contributed by atoms with Crippen molar-refractivity contribution in [3.05, 3.63) is 23.8 Å². The topological polar surface area (TPSA) is 36.9 Å². The number of benzene rings is 1. The maximum absolute atomic E-state index is 6.09. The van der Waals surface area contributed by atoms with E-state index >= 15 is 0 Å². The first kappa shape index (κ1) is 18.5. The molecule has 2 atom stereocenters. The first-order chi connectivity index (χ1) is 12.3. The number of hydrogen-bond donors (Lipinski definition) is 0. The van der Waals surface area contributed by atoms with Crippen LogP contribution in [0.25, 0.3) is 0 Å². The molecule has 1 aromatic carbocycles. The van der Waals surface area contributed by atoms with Crippen LogP contribution < -0.4 is 9.47 Å². The average molecular weight is 348 g/mol. The normalized spacial score (nSPS) is 24.0. The van der Waals surface area contributed by atoms with Crippen molar-refractivity contribution in [3.63, 3.8) is 0 Å². The molecule has 1 aromatic rings. The first-order valence-corrected chi connectivity index (χ1v) is 10.0. The van der Waals surface area contributed by atoms with E-state index in [-0.39, 0.29) is 12.6 Å². The summed E-state index contributed by atoms with van der Waals surface area (Å²) in [4.78, 5) is 0.